The number of rotatable bonds is 7. The van der Waals surface area contributed by atoms with Crippen molar-refractivity contribution in [3.63, 3.8) is 0 Å². The topological polar surface area (TPSA) is 54.0 Å². The zero-order valence-corrected chi connectivity index (χ0v) is 12.7. The Bertz CT molecular complexity index is 602. The average Bonchev–Trinajstić information content (AvgIpc) is 2.53. The Hall–Kier alpha value is -1.98. The first-order valence-corrected chi connectivity index (χ1v) is 7.34. The number of carbonyl (C=O) groups is 1. The molecule has 4 nitrogen and oxygen atoms in total. The molecule has 6 heteroatoms. The van der Waals surface area contributed by atoms with E-state index in [1.54, 1.807) is 24.5 Å². The van der Waals surface area contributed by atoms with E-state index in [-0.39, 0.29) is 11.7 Å². The van der Waals surface area contributed by atoms with Gasteiger partial charge in [0, 0.05) is 49.0 Å². The Morgan fingerprint density at radius 3 is 2.82 bits per heavy atom. The second-order valence-corrected chi connectivity index (χ2v) is 5.17. The normalized spacial score (nSPS) is 10.5. The van der Waals surface area contributed by atoms with Crippen LogP contribution >= 0.6 is 11.6 Å². The summed E-state index contributed by atoms with van der Waals surface area (Å²) in [5, 5.41) is 6.20. The number of pyridine rings is 1. The van der Waals surface area contributed by atoms with E-state index in [1.165, 1.54) is 6.07 Å². The third-order valence-corrected chi connectivity index (χ3v) is 3.46. The fourth-order valence-corrected chi connectivity index (χ4v) is 2.14. The molecule has 0 saturated heterocycles. The number of nitrogens with zero attached hydrogens (tertiary/aromatic N) is 1. The maximum Gasteiger partial charge on any atom is 0.221 e. The zero-order chi connectivity index (χ0) is 15.8. The molecule has 2 rings (SSSR count). The van der Waals surface area contributed by atoms with Crippen LogP contribution in [0.25, 0.3) is 0 Å². The van der Waals surface area contributed by atoms with Gasteiger partial charge in [-0.15, -0.1) is 0 Å². The summed E-state index contributed by atoms with van der Waals surface area (Å²) < 4.78 is 13.5. The molecule has 0 aliphatic heterocycles. The highest BCUT2D eigenvalue weighted by Gasteiger charge is 2.06. The Morgan fingerprint density at radius 1 is 1.23 bits per heavy atom. The molecule has 116 valence electrons. The number of carbonyl (C=O) groups excluding carboxylic acids is 1. The van der Waals surface area contributed by atoms with Gasteiger partial charge in [0.2, 0.25) is 5.91 Å². The Labute approximate surface area is 133 Å². The summed E-state index contributed by atoms with van der Waals surface area (Å²) >= 11 is 5.92. The minimum atomic E-state index is -0.346. The highest BCUT2D eigenvalue weighted by Crippen LogP contribution is 2.18. The van der Waals surface area contributed by atoms with E-state index < -0.39 is 0 Å². The molecule has 0 aliphatic rings. The summed E-state index contributed by atoms with van der Waals surface area (Å²) in [6.07, 6.45) is 3.70. The molecular weight excluding hydrogens is 305 g/mol. The quantitative estimate of drug-likeness (QED) is 0.771. The van der Waals surface area contributed by atoms with Crippen molar-refractivity contribution in [2.24, 2.45) is 0 Å². The van der Waals surface area contributed by atoms with Gasteiger partial charge >= 0.3 is 0 Å². The summed E-state index contributed by atoms with van der Waals surface area (Å²) in [5.41, 5.74) is 1.36. The first-order chi connectivity index (χ1) is 10.7. The standard InChI is InChI=1S/C16H17ClFN3O/c17-14-4-1-5-15(18)13(14)11-20-8-6-16(22)21-10-12-3-2-7-19-9-12/h1-5,7,9,20H,6,8,10-11H2,(H,21,22). The van der Waals surface area contributed by atoms with E-state index >= 15 is 0 Å². The predicted molar refractivity (Wildman–Crippen MR) is 83.8 cm³/mol. The SMILES string of the molecule is O=C(CCNCc1c(F)cccc1Cl)NCc1cccnc1. The van der Waals surface area contributed by atoms with Crippen LogP contribution in [-0.4, -0.2) is 17.4 Å². The van der Waals surface area contributed by atoms with Crippen molar-refractivity contribution in [1.29, 1.82) is 0 Å². The minimum absolute atomic E-state index is 0.0732. The molecule has 0 unspecified atom stereocenters. The van der Waals surface area contributed by atoms with Crippen LogP contribution in [-0.2, 0) is 17.9 Å². The molecule has 1 amide bonds. The maximum absolute atomic E-state index is 13.5. The molecule has 0 spiro atoms. The zero-order valence-electron chi connectivity index (χ0n) is 12.0. The van der Waals surface area contributed by atoms with Crippen LogP contribution < -0.4 is 10.6 Å². The largest absolute Gasteiger partial charge is 0.352 e. The van der Waals surface area contributed by atoms with Crippen LogP contribution in [0.4, 0.5) is 4.39 Å². The lowest BCUT2D eigenvalue weighted by atomic mass is 10.2. The van der Waals surface area contributed by atoms with Crippen LogP contribution in [0.3, 0.4) is 0 Å². The van der Waals surface area contributed by atoms with Gasteiger partial charge in [-0.05, 0) is 23.8 Å². The summed E-state index contributed by atoms with van der Waals surface area (Å²) in [6, 6.07) is 8.28. The number of benzene rings is 1. The maximum atomic E-state index is 13.5. The Kier molecular flexibility index (Phi) is 6.30. The number of halogens is 2. The molecule has 22 heavy (non-hydrogen) atoms. The molecule has 0 radical (unpaired) electrons. The fraction of sp³-hybridized carbons (Fsp3) is 0.250. The lowest BCUT2D eigenvalue weighted by molar-refractivity contribution is -0.121. The minimum Gasteiger partial charge on any atom is -0.352 e. The molecule has 0 atom stereocenters. The molecule has 2 N–H and O–H groups in total. The van der Waals surface area contributed by atoms with Crippen molar-refractivity contribution in [1.82, 2.24) is 15.6 Å². The van der Waals surface area contributed by atoms with Crippen LogP contribution in [0, 0.1) is 5.82 Å². The summed E-state index contributed by atoms with van der Waals surface area (Å²) in [7, 11) is 0. The van der Waals surface area contributed by atoms with Crippen molar-refractivity contribution in [3.8, 4) is 0 Å². The molecule has 1 aromatic carbocycles. The first kappa shape index (κ1) is 16.4. The fourth-order valence-electron chi connectivity index (χ4n) is 1.91. The highest BCUT2D eigenvalue weighted by atomic mass is 35.5. The van der Waals surface area contributed by atoms with E-state index in [4.69, 9.17) is 11.6 Å². The van der Waals surface area contributed by atoms with E-state index in [9.17, 15) is 9.18 Å². The summed E-state index contributed by atoms with van der Waals surface area (Å²) in [4.78, 5) is 15.7. The molecule has 0 fully saturated rings. The highest BCUT2D eigenvalue weighted by molar-refractivity contribution is 6.31. The average molecular weight is 322 g/mol. The predicted octanol–water partition coefficient (Wildman–Crippen LogP) is 2.67. The Morgan fingerprint density at radius 2 is 2.09 bits per heavy atom. The number of nitrogens with one attached hydrogen (secondary N) is 2. The third-order valence-electron chi connectivity index (χ3n) is 3.10. The van der Waals surface area contributed by atoms with Crippen LogP contribution in [0.15, 0.2) is 42.7 Å². The van der Waals surface area contributed by atoms with Gasteiger partial charge in [-0.1, -0.05) is 23.7 Å². The van der Waals surface area contributed by atoms with Gasteiger partial charge in [0.25, 0.3) is 0 Å². The molecule has 1 heterocycles. The van der Waals surface area contributed by atoms with Crippen molar-refractivity contribution in [2.45, 2.75) is 19.5 Å². The lowest BCUT2D eigenvalue weighted by Gasteiger charge is -2.08. The summed E-state index contributed by atoms with van der Waals surface area (Å²) in [6.45, 7) is 1.19. The van der Waals surface area contributed by atoms with E-state index in [0.29, 0.717) is 36.6 Å². The van der Waals surface area contributed by atoms with Crippen LogP contribution in [0.2, 0.25) is 5.02 Å². The van der Waals surface area contributed by atoms with Gasteiger partial charge < -0.3 is 10.6 Å². The molecule has 2 aromatic rings. The van der Waals surface area contributed by atoms with Crippen molar-refractivity contribution >= 4 is 17.5 Å². The number of hydrogen-bond acceptors (Lipinski definition) is 3. The van der Waals surface area contributed by atoms with Crippen LogP contribution in [0.5, 0.6) is 0 Å². The second-order valence-electron chi connectivity index (χ2n) is 4.76. The molecule has 0 aliphatic carbocycles. The van der Waals surface area contributed by atoms with Crippen molar-refractivity contribution in [3.05, 3.63) is 64.7 Å². The van der Waals surface area contributed by atoms with Gasteiger partial charge in [0.1, 0.15) is 5.82 Å². The van der Waals surface area contributed by atoms with Gasteiger partial charge in [0.05, 0.1) is 0 Å². The molecule has 1 aromatic heterocycles. The Balaban J connectivity index is 1.67. The van der Waals surface area contributed by atoms with Crippen LogP contribution in [0.1, 0.15) is 17.5 Å². The number of aromatic nitrogens is 1. The van der Waals surface area contributed by atoms with Crippen molar-refractivity contribution in [2.75, 3.05) is 6.54 Å². The van der Waals surface area contributed by atoms with Gasteiger partial charge in [-0.2, -0.15) is 0 Å². The third kappa shape index (κ3) is 5.09. The number of hydrogen-bond donors (Lipinski definition) is 2. The van der Waals surface area contributed by atoms with Crippen molar-refractivity contribution < 1.29 is 9.18 Å². The monoisotopic (exact) mass is 321 g/mol. The lowest BCUT2D eigenvalue weighted by Crippen LogP contribution is -2.27. The van der Waals surface area contributed by atoms with Gasteiger partial charge in [-0.25, -0.2) is 4.39 Å². The summed E-state index contributed by atoms with van der Waals surface area (Å²) in [5.74, 6) is -0.419. The molecule has 0 bridgehead atoms. The number of amides is 1. The van der Waals surface area contributed by atoms with E-state index in [1.807, 2.05) is 12.1 Å². The van der Waals surface area contributed by atoms with E-state index in [0.717, 1.165) is 5.56 Å². The van der Waals surface area contributed by atoms with E-state index in [2.05, 4.69) is 15.6 Å². The van der Waals surface area contributed by atoms with Gasteiger partial charge in [0.15, 0.2) is 0 Å². The molecular formula is C16H17ClFN3O. The smallest absolute Gasteiger partial charge is 0.221 e. The second kappa shape index (κ2) is 8.46. The molecule has 0 saturated carbocycles. The van der Waals surface area contributed by atoms with Gasteiger partial charge in [-0.3, -0.25) is 9.78 Å². The first-order valence-electron chi connectivity index (χ1n) is 6.96.